The van der Waals surface area contributed by atoms with Crippen molar-refractivity contribution in [2.24, 2.45) is 11.8 Å². The molecule has 14 heteroatoms. The van der Waals surface area contributed by atoms with E-state index in [4.69, 9.17) is 18.6 Å². The van der Waals surface area contributed by atoms with Crippen molar-refractivity contribution in [2.75, 3.05) is 0 Å². The van der Waals surface area contributed by atoms with Crippen LogP contribution in [0.2, 0.25) is 0 Å². The zero-order valence-corrected chi connectivity index (χ0v) is 28.1. The molecule has 0 amide bonds. The minimum Gasteiger partial charge on any atom is 0 e. The molecule has 2 saturated carbocycles. The fourth-order valence-corrected chi connectivity index (χ4v) is 3.76. The number of hydrogen-bond donors (Lipinski definition) is 0. The fraction of sp³-hybridized carbons (Fsp3) is 0.600. The summed E-state index contributed by atoms with van der Waals surface area (Å²) < 4.78 is 90.6. The summed E-state index contributed by atoms with van der Waals surface area (Å²) >= 11 is 2.10. The van der Waals surface area contributed by atoms with E-state index in [0.717, 1.165) is 11.8 Å². The van der Waals surface area contributed by atoms with Crippen LogP contribution in [-0.2, 0) is 52.7 Å². The van der Waals surface area contributed by atoms with Crippen LogP contribution in [0.4, 0.5) is 25.2 Å². The van der Waals surface area contributed by atoms with E-state index in [2.05, 4.69) is 95.6 Å². The van der Waals surface area contributed by atoms with Crippen molar-refractivity contribution in [2.45, 2.75) is 86.0 Å². The summed E-state index contributed by atoms with van der Waals surface area (Å²) in [5.41, 5.74) is 4.17. The molecular formula is C25H35F6Mn2O4PTe. The molecule has 39 heavy (non-hydrogen) atoms. The van der Waals surface area contributed by atoms with Gasteiger partial charge in [0.05, 0.1) is 0 Å². The zero-order valence-electron chi connectivity index (χ0n) is 22.5. The maximum Gasteiger partial charge on any atom is 0 e. The standard InChI is InChI=1S/C9H11Te.2C6H12.4CO.F6P.2Mn/c1-6-4-7(2)9(10)8(3)5-6;2*1-6-4-2-3-5-6;4*1-2;1-7(2,3,4,5)6;;/h4-5H,1-3H3;2*6H,2-5H2,1H3;;;;;;;/q+1;;;;;;;-1;;. The normalized spacial score (nSPS) is 14.7. The van der Waals surface area contributed by atoms with Crippen LogP contribution in [0, 0.1) is 59.2 Å². The molecule has 0 aromatic heterocycles. The largest absolute Gasteiger partial charge is 0 e. The second-order valence-electron chi connectivity index (χ2n) is 8.47. The Morgan fingerprint density at radius 1 is 0.615 bits per heavy atom. The van der Waals surface area contributed by atoms with Crippen LogP contribution in [0.5, 0.6) is 0 Å². The first-order valence-electron chi connectivity index (χ1n) is 11.0. The monoisotopic (exact) mass is 784 g/mol. The van der Waals surface area contributed by atoms with Crippen molar-refractivity contribution in [1.29, 1.82) is 0 Å². The van der Waals surface area contributed by atoms with Crippen LogP contribution in [0.3, 0.4) is 0 Å². The number of benzene rings is 1. The first-order valence-corrected chi connectivity index (χ1v) is 14.2. The summed E-state index contributed by atoms with van der Waals surface area (Å²) in [6.45, 7) is 29.1. The number of hydrogen-bond acceptors (Lipinski definition) is 0. The van der Waals surface area contributed by atoms with Crippen LogP contribution >= 0.6 is 7.81 Å². The van der Waals surface area contributed by atoms with Crippen molar-refractivity contribution in [3.05, 3.63) is 55.4 Å². The molecule has 1 aromatic rings. The first kappa shape index (κ1) is 55.0. The van der Waals surface area contributed by atoms with E-state index < -0.39 is 7.81 Å². The van der Waals surface area contributed by atoms with E-state index >= 15 is 0 Å². The molecule has 0 spiro atoms. The first-order chi connectivity index (χ1) is 16.8. The predicted octanol–water partition coefficient (Wildman–Crippen LogP) is 9.03. The van der Waals surface area contributed by atoms with Crippen molar-refractivity contribution in [1.82, 2.24) is 0 Å². The summed E-state index contributed by atoms with van der Waals surface area (Å²) in [4.78, 5) is 0. The predicted molar refractivity (Wildman–Crippen MR) is 131 cm³/mol. The molecule has 3 rings (SSSR count). The maximum atomic E-state index is 9.87. The third kappa shape index (κ3) is 54.7. The molecule has 4 radical (unpaired) electrons. The Labute approximate surface area is 263 Å². The Balaban J connectivity index is -0.0000000643. The van der Waals surface area contributed by atoms with E-state index in [1.54, 1.807) is 0 Å². The summed E-state index contributed by atoms with van der Waals surface area (Å²) in [6, 6.07) is 4.45. The van der Waals surface area contributed by atoms with Crippen molar-refractivity contribution >= 4 is 33.7 Å². The molecule has 0 bridgehead atoms. The third-order valence-electron chi connectivity index (χ3n) is 4.89. The summed E-state index contributed by atoms with van der Waals surface area (Å²) in [6.07, 6.45) is 11.9. The van der Waals surface area contributed by atoms with Crippen molar-refractivity contribution in [3.63, 3.8) is 0 Å². The van der Waals surface area contributed by atoms with Crippen molar-refractivity contribution < 1.29 is 77.9 Å². The van der Waals surface area contributed by atoms with Gasteiger partial charge in [0.15, 0.2) is 0 Å². The molecule has 1 aromatic carbocycles. The molecule has 0 aliphatic heterocycles. The second-order valence-corrected chi connectivity index (χ2v) is 11.5. The van der Waals surface area contributed by atoms with E-state index in [9.17, 15) is 25.2 Å². The van der Waals surface area contributed by atoms with Crippen LogP contribution in [0.15, 0.2) is 12.1 Å². The Hall–Kier alpha value is 0.0186. The SMILES string of the molecule is CC1CCCC1.CC1CCCC1.Cc1cc(C)c([Te+])c(C)c1.F[P-](F)(F)(F)(F)F.[C-]#[O+].[C-]#[O+].[C-]#[O+].[C-]#[O+].[Mn].[Mn]. The van der Waals surface area contributed by atoms with Crippen LogP contribution in [0.1, 0.15) is 81.9 Å². The van der Waals surface area contributed by atoms with Gasteiger partial charge in [-0.25, -0.2) is 0 Å². The molecule has 0 N–H and O–H groups in total. The van der Waals surface area contributed by atoms with Gasteiger partial charge in [-0.2, -0.15) is 0 Å². The van der Waals surface area contributed by atoms with Gasteiger partial charge in [-0.15, -0.1) is 0 Å². The van der Waals surface area contributed by atoms with Gasteiger partial charge >= 0.3 is 154 Å². The Morgan fingerprint density at radius 3 is 0.923 bits per heavy atom. The van der Waals surface area contributed by atoms with Crippen LogP contribution < -0.4 is 3.61 Å². The second kappa shape index (κ2) is 28.2. The summed E-state index contributed by atoms with van der Waals surface area (Å²) in [5.74, 6) is 2.09. The zero-order chi connectivity index (χ0) is 30.9. The Kier molecular flexibility index (Phi) is 39.7. The Bertz CT molecular complexity index is 733. The van der Waals surface area contributed by atoms with E-state index in [1.165, 1.54) is 71.7 Å². The molecular weight excluding hydrogens is 747 g/mol. The van der Waals surface area contributed by atoms with Crippen LogP contribution in [-0.4, -0.2) is 22.3 Å². The van der Waals surface area contributed by atoms with Gasteiger partial charge in [0, 0.05) is 34.1 Å². The molecule has 2 fully saturated rings. The van der Waals surface area contributed by atoms with E-state index in [0.29, 0.717) is 0 Å². The molecule has 0 atom stereocenters. The van der Waals surface area contributed by atoms with Gasteiger partial charge < -0.3 is 0 Å². The van der Waals surface area contributed by atoms with E-state index in [1.807, 2.05) is 0 Å². The van der Waals surface area contributed by atoms with E-state index in [-0.39, 0.29) is 34.1 Å². The fourth-order valence-electron chi connectivity index (χ4n) is 3.43. The molecule has 226 valence electrons. The summed E-state index contributed by atoms with van der Waals surface area (Å²) in [5, 5.41) is 0. The molecule has 4 nitrogen and oxygen atoms in total. The van der Waals surface area contributed by atoms with Gasteiger partial charge in [-0.1, -0.05) is 65.2 Å². The van der Waals surface area contributed by atoms with Crippen molar-refractivity contribution in [3.8, 4) is 0 Å². The average Bonchev–Trinajstić information content (AvgIpc) is 3.50. The third-order valence-corrected chi connectivity index (χ3v) is 6.73. The Morgan fingerprint density at radius 2 is 0.795 bits per heavy atom. The molecule has 2 aliphatic carbocycles. The number of aryl methyl sites for hydroxylation is 3. The minimum absolute atomic E-state index is 0. The van der Waals surface area contributed by atoms with Gasteiger partial charge in [-0.05, 0) is 11.8 Å². The minimum atomic E-state index is -10.7. The average molecular weight is 782 g/mol. The van der Waals surface area contributed by atoms with Gasteiger partial charge in [0.1, 0.15) is 0 Å². The maximum absolute atomic E-state index is 10.7. The number of halogens is 6. The topological polar surface area (TPSA) is 79.6 Å². The quantitative estimate of drug-likeness (QED) is 0.0829. The molecule has 2 aliphatic rings. The smallest absolute Gasteiger partial charge is 0 e. The van der Waals surface area contributed by atoms with Gasteiger partial charge in [-0.3, -0.25) is 0 Å². The number of rotatable bonds is 0. The molecule has 0 saturated heterocycles. The van der Waals surface area contributed by atoms with Gasteiger partial charge in [0.25, 0.3) is 0 Å². The summed E-state index contributed by atoms with van der Waals surface area (Å²) in [7, 11) is -10.7. The molecule has 0 unspecified atom stereocenters. The molecule has 0 heterocycles. The van der Waals surface area contributed by atoms with Crippen LogP contribution in [0.25, 0.3) is 0 Å². The van der Waals surface area contributed by atoms with Gasteiger partial charge in [0.2, 0.25) is 0 Å².